The fraction of sp³-hybridized carbons (Fsp3) is 0.407. The second kappa shape index (κ2) is 8.90. The summed E-state index contributed by atoms with van der Waals surface area (Å²) >= 11 is 0. The third-order valence-corrected chi connectivity index (χ3v) is 7.55. The average Bonchev–Trinajstić information content (AvgIpc) is 3.56. The lowest BCUT2D eigenvalue weighted by atomic mass is 9.93. The molecule has 3 N–H and O–H groups in total. The predicted molar refractivity (Wildman–Crippen MR) is 134 cm³/mol. The Morgan fingerprint density at radius 1 is 1.33 bits per heavy atom. The first-order valence-electron chi connectivity index (χ1n) is 12.4. The van der Waals surface area contributed by atoms with Crippen LogP contribution in [0.4, 0.5) is 15.8 Å². The standard InChI is InChI=1S/C27H30FN5O3/c1-16-19(28)4-3-5-20(16)31-24-22-25(27(7-8-27)15-30-26(22)34)32-23(24)18-6-9-29-12-21(18)36-14-17-13-33(2)10-11-35-17/h3-6,9,12,17,31-32H,7-8,10-11,13-15H2,1-2H3,(H,30,34)/t17-/m0/s1. The van der Waals surface area contributed by atoms with E-state index in [1.807, 2.05) is 12.1 Å². The first kappa shape index (κ1) is 23.0. The van der Waals surface area contributed by atoms with Gasteiger partial charge in [-0.3, -0.25) is 9.78 Å². The first-order valence-corrected chi connectivity index (χ1v) is 12.4. The fourth-order valence-electron chi connectivity index (χ4n) is 5.19. The number of anilines is 2. The highest BCUT2D eigenvalue weighted by atomic mass is 19.1. The van der Waals surface area contributed by atoms with Gasteiger partial charge in [-0.05, 0) is 45.0 Å². The van der Waals surface area contributed by atoms with Crippen molar-refractivity contribution in [1.82, 2.24) is 20.2 Å². The van der Waals surface area contributed by atoms with E-state index in [2.05, 4.69) is 32.5 Å². The lowest BCUT2D eigenvalue weighted by Gasteiger charge is -2.30. The van der Waals surface area contributed by atoms with Crippen molar-refractivity contribution in [1.29, 1.82) is 0 Å². The van der Waals surface area contributed by atoms with E-state index in [4.69, 9.17) is 9.47 Å². The second-order valence-corrected chi connectivity index (χ2v) is 10.1. The van der Waals surface area contributed by atoms with Crippen molar-refractivity contribution in [3.8, 4) is 17.0 Å². The van der Waals surface area contributed by atoms with E-state index >= 15 is 0 Å². The maximum Gasteiger partial charge on any atom is 0.255 e. The molecule has 1 aliphatic carbocycles. The zero-order valence-electron chi connectivity index (χ0n) is 20.5. The van der Waals surface area contributed by atoms with Gasteiger partial charge in [-0.2, -0.15) is 0 Å². The van der Waals surface area contributed by atoms with Crippen LogP contribution in [0.5, 0.6) is 5.75 Å². The molecule has 1 aromatic carbocycles. The molecule has 1 atom stereocenters. The summed E-state index contributed by atoms with van der Waals surface area (Å²) < 4.78 is 26.5. The van der Waals surface area contributed by atoms with Crippen LogP contribution in [0, 0.1) is 12.7 Å². The Morgan fingerprint density at radius 2 is 2.19 bits per heavy atom. The number of carbonyl (C=O) groups is 1. The van der Waals surface area contributed by atoms with Crippen LogP contribution in [0.15, 0.2) is 36.7 Å². The molecular formula is C27H30FN5O3. The lowest BCUT2D eigenvalue weighted by molar-refractivity contribution is -0.0403. The van der Waals surface area contributed by atoms with Gasteiger partial charge in [0.05, 0.1) is 29.7 Å². The normalized spacial score (nSPS) is 20.6. The molecule has 36 heavy (non-hydrogen) atoms. The summed E-state index contributed by atoms with van der Waals surface area (Å²) in [6.45, 7) is 5.10. The zero-order chi connectivity index (χ0) is 24.9. The van der Waals surface area contributed by atoms with E-state index in [1.54, 1.807) is 25.4 Å². The van der Waals surface area contributed by atoms with Crippen LogP contribution in [0.1, 0.15) is 34.5 Å². The number of H-pyrrole nitrogens is 1. The number of hydrogen-bond acceptors (Lipinski definition) is 6. The largest absolute Gasteiger partial charge is 0.488 e. The molecule has 1 amide bonds. The Hall–Kier alpha value is -3.43. The van der Waals surface area contributed by atoms with Crippen molar-refractivity contribution in [2.24, 2.45) is 0 Å². The summed E-state index contributed by atoms with van der Waals surface area (Å²) in [5.74, 6) is 0.147. The summed E-state index contributed by atoms with van der Waals surface area (Å²) in [6.07, 6.45) is 5.36. The number of halogens is 1. The number of rotatable bonds is 6. The molecule has 2 aromatic heterocycles. The number of pyridine rings is 1. The van der Waals surface area contributed by atoms with Gasteiger partial charge in [0.1, 0.15) is 24.3 Å². The van der Waals surface area contributed by atoms with Gasteiger partial charge in [0.15, 0.2) is 0 Å². The monoisotopic (exact) mass is 491 g/mol. The number of aromatic nitrogens is 2. The second-order valence-electron chi connectivity index (χ2n) is 10.1. The molecule has 1 saturated heterocycles. The Bertz CT molecular complexity index is 1320. The van der Waals surface area contributed by atoms with Gasteiger partial charge < -0.3 is 30.0 Å². The van der Waals surface area contributed by atoms with E-state index in [0.717, 1.165) is 42.9 Å². The van der Waals surface area contributed by atoms with Gasteiger partial charge in [0.25, 0.3) is 5.91 Å². The molecule has 3 aliphatic rings. The Kier molecular flexibility index (Phi) is 5.69. The SMILES string of the molecule is Cc1c(F)cccc1Nc1c(-c2ccncc2OC[C@@H]2CN(C)CCO2)[nH]c2c1C(=O)NCC21CC1. The number of hydrogen-bond donors (Lipinski definition) is 3. The summed E-state index contributed by atoms with van der Waals surface area (Å²) in [6, 6.07) is 6.78. The van der Waals surface area contributed by atoms with Crippen LogP contribution >= 0.6 is 0 Å². The number of nitrogens with zero attached hydrogens (tertiary/aromatic N) is 2. The molecule has 8 nitrogen and oxygen atoms in total. The van der Waals surface area contributed by atoms with E-state index in [1.165, 1.54) is 6.07 Å². The minimum absolute atomic E-state index is 0.0401. The minimum Gasteiger partial charge on any atom is -0.488 e. The Labute approximate surface area is 209 Å². The number of carbonyl (C=O) groups excluding carboxylic acids is 1. The van der Waals surface area contributed by atoms with Gasteiger partial charge >= 0.3 is 0 Å². The van der Waals surface area contributed by atoms with Crippen molar-refractivity contribution in [3.63, 3.8) is 0 Å². The molecule has 1 saturated carbocycles. The van der Waals surface area contributed by atoms with Crippen LogP contribution in [-0.4, -0.2) is 66.8 Å². The molecule has 2 aliphatic heterocycles. The lowest BCUT2D eigenvalue weighted by Crippen LogP contribution is -2.42. The number of likely N-dealkylation sites (N-methyl/N-ethyl adjacent to an activating group) is 1. The molecule has 6 rings (SSSR count). The number of nitrogens with one attached hydrogen (secondary N) is 3. The number of ether oxygens (including phenoxy) is 2. The Balaban J connectivity index is 1.42. The first-order chi connectivity index (χ1) is 17.4. The van der Waals surface area contributed by atoms with Gasteiger partial charge in [0, 0.05) is 53.8 Å². The van der Waals surface area contributed by atoms with Crippen LogP contribution in [-0.2, 0) is 10.2 Å². The number of fused-ring (bicyclic) bond motifs is 2. The fourth-order valence-corrected chi connectivity index (χ4v) is 5.19. The minimum atomic E-state index is -0.306. The number of aromatic amines is 1. The maximum absolute atomic E-state index is 14.4. The highest BCUT2D eigenvalue weighted by Crippen LogP contribution is 2.54. The van der Waals surface area contributed by atoms with Crippen LogP contribution in [0.3, 0.4) is 0 Å². The quantitative estimate of drug-likeness (QED) is 0.487. The van der Waals surface area contributed by atoms with Crippen LogP contribution < -0.4 is 15.4 Å². The summed E-state index contributed by atoms with van der Waals surface area (Å²) in [5.41, 5.74) is 4.65. The molecule has 188 valence electrons. The molecule has 0 radical (unpaired) electrons. The van der Waals surface area contributed by atoms with Crippen molar-refractivity contribution in [2.45, 2.75) is 31.3 Å². The third kappa shape index (κ3) is 4.02. The topological polar surface area (TPSA) is 91.5 Å². The molecule has 1 spiro atoms. The molecule has 0 bridgehead atoms. The highest BCUT2D eigenvalue weighted by molar-refractivity contribution is 6.07. The van der Waals surface area contributed by atoms with Crippen LogP contribution in [0.25, 0.3) is 11.3 Å². The van der Waals surface area contributed by atoms with E-state index in [-0.39, 0.29) is 23.2 Å². The summed E-state index contributed by atoms with van der Waals surface area (Å²) in [7, 11) is 2.07. The molecule has 0 unspecified atom stereocenters. The van der Waals surface area contributed by atoms with Crippen molar-refractivity contribution in [2.75, 3.05) is 45.2 Å². The molecule has 3 aromatic rings. The van der Waals surface area contributed by atoms with Crippen LogP contribution in [0.2, 0.25) is 0 Å². The number of morpholine rings is 1. The number of benzene rings is 1. The number of amides is 1. The highest BCUT2D eigenvalue weighted by Gasteiger charge is 2.51. The van der Waals surface area contributed by atoms with Crippen molar-refractivity contribution in [3.05, 3.63) is 59.3 Å². The third-order valence-electron chi connectivity index (χ3n) is 7.55. The van der Waals surface area contributed by atoms with Gasteiger partial charge in [-0.1, -0.05) is 6.07 Å². The smallest absolute Gasteiger partial charge is 0.255 e. The van der Waals surface area contributed by atoms with Gasteiger partial charge in [-0.15, -0.1) is 0 Å². The average molecular weight is 492 g/mol. The molecule has 9 heteroatoms. The van der Waals surface area contributed by atoms with E-state index < -0.39 is 0 Å². The summed E-state index contributed by atoms with van der Waals surface area (Å²) in [5, 5.41) is 6.44. The molecule has 2 fully saturated rings. The van der Waals surface area contributed by atoms with E-state index in [0.29, 0.717) is 48.0 Å². The van der Waals surface area contributed by atoms with Gasteiger partial charge in [0.2, 0.25) is 0 Å². The zero-order valence-corrected chi connectivity index (χ0v) is 20.5. The maximum atomic E-state index is 14.4. The molecular weight excluding hydrogens is 461 g/mol. The van der Waals surface area contributed by atoms with Gasteiger partial charge in [-0.25, -0.2) is 4.39 Å². The Morgan fingerprint density at radius 3 is 3.00 bits per heavy atom. The van der Waals surface area contributed by atoms with E-state index in [9.17, 15) is 9.18 Å². The van der Waals surface area contributed by atoms with Crippen molar-refractivity contribution >= 4 is 17.3 Å². The summed E-state index contributed by atoms with van der Waals surface area (Å²) in [4.78, 5) is 23.2. The molecule has 4 heterocycles. The predicted octanol–water partition coefficient (Wildman–Crippen LogP) is 3.75. The van der Waals surface area contributed by atoms with Crippen molar-refractivity contribution < 1.29 is 18.7 Å².